The first-order chi connectivity index (χ1) is 60.0. The summed E-state index contributed by atoms with van der Waals surface area (Å²) in [7, 11) is 0. The van der Waals surface area contributed by atoms with Gasteiger partial charge in [-0.25, -0.2) is 5.48 Å². The van der Waals surface area contributed by atoms with Gasteiger partial charge in [-0.15, -0.1) is 0 Å². The van der Waals surface area contributed by atoms with E-state index >= 15 is 0 Å². The molecule has 10 N–H and O–H groups in total. The molecular weight excluding hydrogens is 1700 g/mol. The number of hydrogen-bond donors (Lipinski definition) is 10. The van der Waals surface area contributed by atoms with Gasteiger partial charge in [0.1, 0.15) is 0 Å². The lowest BCUT2D eigenvalue weighted by molar-refractivity contribution is -0.0334. The lowest BCUT2D eigenvalue weighted by atomic mass is 10.2. The zero-order valence-corrected chi connectivity index (χ0v) is 85.0. The minimum Gasteiger partial charge on any atom is -0.381 e. The van der Waals surface area contributed by atoms with Crippen molar-refractivity contribution >= 4 is 118 Å². The van der Waals surface area contributed by atoms with E-state index in [4.69, 9.17) is 42.7 Å². The van der Waals surface area contributed by atoms with Crippen LogP contribution in [0.5, 0.6) is 0 Å². The Hall–Kier alpha value is 2.70. The molecule has 30 heteroatoms. The van der Waals surface area contributed by atoms with E-state index in [-0.39, 0.29) is 0 Å². The molecule has 24 aliphatic rings. The summed E-state index contributed by atoms with van der Waals surface area (Å²) < 4.78 is 44.1. The van der Waals surface area contributed by atoms with Crippen LogP contribution in [0.4, 0.5) is 0 Å². The maximum atomic E-state index is 5.07. The van der Waals surface area contributed by atoms with Crippen LogP contribution in [0.15, 0.2) is 0 Å². The van der Waals surface area contributed by atoms with Crippen LogP contribution in [-0.4, -0.2) is 365 Å². The Bertz CT molecular complexity index is 1170. The Labute approximate surface area is 782 Å². The molecule has 0 spiro atoms. The van der Waals surface area contributed by atoms with Gasteiger partial charge in [-0.2, -0.15) is 118 Å². The van der Waals surface area contributed by atoms with Gasteiger partial charge in [0.05, 0.1) is 72.7 Å². The van der Waals surface area contributed by atoms with E-state index in [0.717, 1.165) is 145 Å². The second-order valence-electron chi connectivity index (χ2n) is 30.4. The molecule has 0 aromatic heterocycles. The van der Waals surface area contributed by atoms with Crippen LogP contribution in [-0.2, 0) is 47.5 Å². The molecule has 0 atom stereocenters. The average molecular weight is 1890 g/mol. The van der Waals surface area contributed by atoms with Crippen LogP contribution in [0.1, 0.15) is 205 Å². The Balaban J connectivity index is 0.000000627. The molecule has 120 heavy (non-hydrogen) atoms. The fourth-order valence-corrected chi connectivity index (χ4v) is 18.7. The van der Waals surface area contributed by atoms with Crippen molar-refractivity contribution in [1.82, 2.24) is 53.3 Å². The molecule has 20 nitrogen and oxygen atoms in total. The lowest BCUT2D eigenvalue weighted by Crippen LogP contribution is -2.30. The van der Waals surface area contributed by atoms with Crippen molar-refractivity contribution in [2.45, 2.75) is 205 Å². The molecule has 0 unspecified atom stereocenters. The molecular formula is C90H190N10O10S10. The predicted molar refractivity (Wildman–Crippen MR) is 548 cm³/mol. The Morgan fingerprint density at radius 1 is 0.108 bits per heavy atom. The molecule has 0 bridgehead atoms. The van der Waals surface area contributed by atoms with Gasteiger partial charge in [-0.1, -0.05) is 19.3 Å². The summed E-state index contributed by atoms with van der Waals surface area (Å²) in [4.78, 5) is 4.69. The Kier molecular flexibility index (Phi) is 118. The van der Waals surface area contributed by atoms with Crippen LogP contribution < -0.4 is 53.3 Å². The fraction of sp³-hybridized carbons (Fsp3) is 1.00. The molecule has 0 radical (unpaired) electrons. The van der Waals surface area contributed by atoms with Gasteiger partial charge in [0, 0.05) is 156 Å². The maximum absolute atomic E-state index is 5.07. The summed E-state index contributed by atoms with van der Waals surface area (Å²) in [6.07, 6.45) is 44.3. The fourth-order valence-electron chi connectivity index (χ4n) is 10.6. The number of hydrogen-bond acceptors (Lipinski definition) is 30. The first-order valence-electron chi connectivity index (χ1n) is 48.7. The largest absolute Gasteiger partial charge is 0.381 e. The number of nitrogens with one attached hydrogen (secondary N) is 10. The summed E-state index contributed by atoms with van der Waals surface area (Å²) >= 11 is 20.5. The van der Waals surface area contributed by atoms with Crippen molar-refractivity contribution in [3.63, 3.8) is 0 Å². The van der Waals surface area contributed by atoms with Crippen LogP contribution in [0.3, 0.4) is 0 Å². The quantitative estimate of drug-likeness (QED) is 0.102. The van der Waals surface area contributed by atoms with E-state index in [0.29, 0.717) is 0 Å². The zero-order valence-electron chi connectivity index (χ0n) is 76.8. The van der Waals surface area contributed by atoms with Crippen LogP contribution in [0.25, 0.3) is 0 Å². The van der Waals surface area contributed by atoms with E-state index in [9.17, 15) is 0 Å². The molecule has 0 aliphatic carbocycles. The third-order valence-electron chi connectivity index (χ3n) is 18.6. The molecule has 0 saturated carbocycles. The third-order valence-corrected chi connectivity index (χ3v) is 29.2. The smallest absolute Gasteiger partial charge is 0.0701 e. The third kappa shape index (κ3) is 127. The van der Waals surface area contributed by atoms with Gasteiger partial charge in [-0.05, 0) is 322 Å². The van der Waals surface area contributed by atoms with Gasteiger partial charge in [0.25, 0.3) is 0 Å². The highest BCUT2D eigenvalue weighted by Crippen LogP contribution is 2.19. The predicted octanol–water partition coefficient (Wildman–Crippen LogP) is 15.8. The van der Waals surface area contributed by atoms with Gasteiger partial charge in [-0.3, -0.25) is 0 Å². The number of thioether (sulfide) groups is 10. The van der Waals surface area contributed by atoms with E-state index in [1.54, 1.807) is 0 Å². The van der Waals surface area contributed by atoms with Crippen molar-refractivity contribution in [2.75, 3.05) is 365 Å². The first-order valence-corrected chi connectivity index (χ1v) is 60.2. The maximum Gasteiger partial charge on any atom is 0.0701 e. The van der Waals surface area contributed by atoms with Crippen molar-refractivity contribution in [1.29, 1.82) is 0 Å². The van der Waals surface area contributed by atoms with E-state index in [2.05, 4.69) is 129 Å². The van der Waals surface area contributed by atoms with Crippen molar-refractivity contribution in [3.05, 3.63) is 0 Å². The molecule has 24 heterocycles. The minimum absolute atomic E-state index is 0.778. The van der Waals surface area contributed by atoms with Gasteiger partial charge in [0.15, 0.2) is 0 Å². The summed E-state index contributed by atoms with van der Waals surface area (Å²) in [6, 6.07) is 0. The molecule has 720 valence electrons. The van der Waals surface area contributed by atoms with Crippen LogP contribution >= 0.6 is 118 Å². The molecule has 24 saturated heterocycles. The molecule has 24 rings (SSSR count). The summed E-state index contributed by atoms with van der Waals surface area (Å²) in [6.45, 7) is 40.7. The second-order valence-corrected chi connectivity index (χ2v) is 42.7. The standard InChI is InChI=1S/2C5H11N.C5H10O.C5H10S.C4H9NO.C4H9NS.3C4H9N.C4H8O2.C4H8OS.2C4H8O.C4H8S2.3C4H8S.C3H7NO.C3H7N.C3H6O.C3H6S.C2H5N.C2H4O.C2H4S/c4*1-2-4-6-5-3-1;2*1-3-6-4-2-5-1;3*1-2-4-5-3-1;1-2-6-4-3-5-1;1-3-6-4-2-5-1;2*1-2-4-5-3-1;1-2-6-4-3-5-1;4*1-2-4-5-3-1;3*1-2-4-3-1;3*1-2-3-1/h2*6H,1-5H2;2*1-5H2;2*5H,1-4H2;3*5H,1-4H2;2*1-4H2;2*1-4H2;1-4H2;3*1-4H2;4H,1-3H2;4H,1-3H2;2*1-3H2;3H,1-2H2;2*1-2H2. The normalized spacial score (nSPS) is 24.0. The number of ether oxygens (including phenoxy) is 9. The minimum atomic E-state index is 0.778. The number of hydroxylamine groups is 1. The zero-order chi connectivity index (χ0) is 84.9. The van der Waals surface area contributed by atoms with Crippen molar-refractivity contribution < 1.29 is 47.5 Å². The molecule has 24 aliphatic heterocycles. The number of rotatable bonds is 0. The molecule has 0 aromatic rings. The SMILES string of the molecule is C1CCNC1.C1CCNC1.C1CCNC1.C1CCNCC1.C1CCNCC1.C1CCOC1.C1CCOC1.C1CCOCC1.C1CCSC1.C1CCSC1.C1CCSC1.C1CCSCC1.C1CN1.C1CNC1.C1CNOC1.C1CO1.C1COC1.C1COCCN1.C1COCCO1.C1CS1.C1CSC1.C1CSCCN1.C1CSCCO1.C1CSCCS1. The Morgan fingerprint density at radius 2 is 0.308 bits per heavy atom. The van der Waals surface area contributed by atoms with E-state index in [1.165, 1.54) is 425 Å². The van der Waals surface area contributed by atoms with Gasteiger partial charge in [0.2, 0.25) is 0 Å². The average Bonchev–Trinajstić information content (AvgIpc) is 3.66. The number of piperidine rings is 2. The summed E-state index contributed by atoms with van der Waals surface area (Å²) in [5, 5.41) is 28.8. The highest BCUT2D eigenvalue weighted by molar-refractivity contribution is 8.06. The summed E-state index contributed by atoms with van der Waals surface area (Å²) in [5.74, 6) is 27.5. The van der Waals surface area contributed by atoms with Gasteiger partial charge < -0.3 is 95.3 Å². The second kappa shape index (κ2) is 118. The van der Waals surface area contributed by atoms with Crippen molar-refractivity contribution in [2.24, 2.45) is 0 Å². The lowest BCUT2D eigenvalue weighted by Gasteiger charge is -2.10. The number of epoxide rings is 1. The van der Waals surface area contributed by atoms with Gasteiger partial charge >= 0.3 is 0 Å². The molecule has 24 fully saturated rings. The highest BCUT2D eigenvalue weighted by atomic mass is 32.2. The first kappa shape index (κ1) is 121. The van der Waals surface area contributed by atoms with Crippen LogP contribution in [0.2, 0.25) is 0 Å². The molecule has 0 aromatic carbocycles. The van der Waals surface area contributed by atoms with Crippen LogP contribution in [0, 0.1) is 0 Å². The Morgan fingerprint density at radius 3 is 0.408 bits per heavy atom. The topological polar surface area (TPSA) is 226 Å². The van der Waals surface area contributed by atoms with E-state index < -0.39 is 0 Å². The number of morpholine rings is 1. The van der Waals surface area contributed by atoms with Crippen molar-refractivity contribution in [3.8, 4) is 0 Å². The molecule has 0 amide bonds. The summed E-state index contributed by atoms with van der Waals surface area (Å²) in [5.41, 5.74) is 2.72. The monoisotopic (exact) mass is 1890 g/mol. The van der Waals surface area contributed by atoms with E-state index in [1.807, 2.05) is 47.0 Å². The highest BCUT2D eigenvalue weighted by Gasteiger charge is 2.05.